The molecule has 1 saturated heterocycles. The molecule has 1 aliphatic heterocycles. The van der Waals surface area contributed by atoms with Gasteiger partial charge in [0.2, 0.25) is 0 Å². The number of rotatable bonds is 5. The van der Waals surface area contributed by atoms with E-state index in [4.69, 9.17) is 0 Å². The van der Waals surface area contributed by atoms with Crippen LogP contribution in [0, 0.1) is 0 Å². The summed E-state index contributed by atoms with van der Waals surface area (Å²) in [6.45, 7) is 7.24. The first kappa shape index (κ1) is 14.5. The Balaban J connectivity index is 1.73. The lowest BCUT2D eigenvalue weighted by Crippen LogP contribution is -2.48. The largest absolute Gasteiger partial charge is 0.392 e. The van der Waals surface area contributed by atoms with Crippen molar-refractivity contribution in [2.45, 2.75) is 51.4 Å². The number of nitrogens with one attached hydrogen (secondary N) is 1. The van der Waals surface area contributed by atoms with Gasteiger partial charge < -0.3 is 10.4 Å². The highest BCUT2D eigenvalue weighted by Crippen LogP contribution is 2.14. The highest BCUT2D eigenvalue weighted by Gasteiger charge is 2.21. The topological polar surface area (TPSA) is 35.5 Å². The van der Waals surface area contributed by atoms with Gasteiger partial charge in [-0.15, -0.1) is 0 Å². The Morgan fingerprint density at radius 2 is 1.84 bits per heavy atom. The molecule has 0 radical (unpaired) electrons. The van der Waals surface area contributed by atoms with Crippen molar-refractivity contribution < 1.29 is 5.11 Å². The minimum Gasteiger partial charge on any atom is -0.392 e. The zero-order chi connectivity index (χ0) is 13.7. The van der Waals surface area contributed by atoms with Gasteiger partial charge >= 0.3 is 0 Å². The predicted octanol–water partition coefficient (Wildman–Crippen LogP) is 2.01. The molecule has 1 aliphatic rings. The van der Waals surface area contributed by atoms with E-state index in [0.717, 1.165) is 19.6 Å². The van der Waals surface area contributed by atoms with Crippen LogP contribution in [0.15, 0.2) is 30.3 Å². The fourth-order valence-electron chi connectivity index (χ4n) is 2.61. The molecule has 1 fully saturated rings. The van der Waals surface area contributed by atoms with Crippen molar-refractivity contribution >= 4 is 0 Å². The quantitative estimate of drug-likeness (QED) is 0.852. The van der Waals surface area contributed by atoms with Crippen LogP contribution in [0.3, 0.4) is 0 Å². The zero-order valence-electron chi connectivity index (χ0n) is 12.0. The van der Waals surface area contributed by atoms with Gasteiger partial charge in [0.15, 0.2) is 0 Å². The number of benzene rings is 1. The SMILES string of the molecule is CC(O)C(C)NC1CCN(Cc2ccccc2)CC1. The molecule has 1 aromatic rings. The molecule has 0 spiro atoms. The summed E-state index contributed by atoms with van der Waals surface area (Å²) in [6, 6.07) is 11.4. The van der Waals surface area contributed by atoms with E-state index in [9.17, 15) is 5.11 Å². The van der Waals surface area contributed by atoms with Crippen molar-refractivity contribution in [2.75, 3.05) is 13.1 Å². The molecule has 2 atom stereocenters. The van der Waals surface area contributed by atoms with Gasteiger partial charge in [-0.05, 0) is 45.3 Å². The molecular formula is C16H26N2O. The first-order valence-corrected chi connectivity index (χ1v) is 7.35. The van der Waals surface area contributed by atoms with Crippen molar-refractivity contribution in [3.63, 3.8) is 0 Å². The highest BCUT2D eigenvalue weighted by atomic mass is 16.3. The van der Waals surface area contributed by atoms with Crippen molar-refractivity contribution in [3.05, 3.63) is 35.9 Å². The summed E-state index contributed by atoms with van der Waals surface area (Å²) in [4.78, 5) is 2.51. The van der Waals surface area contributed by atoms with Gasteiger partial charge in [0.05, 0.1) is 6.10 Å². The minimum absolute atomic E-state index is 0.186. The van der Waals surface area contributed by atoms with Crippen LogP contribution in [0.5, 0.6) is 0 Å². The number of aliphatic hydroxyl groups is 1. The van der Waals surface area contributed by atoms with Gasteiger partial charge in [-0.2, -0.15) is 0 Å². The molecule has 0 saturated carbocycles. The minimum atomic E-state index is -0.276. The van der Waals surface area contributed by atoms with Crippen LogP contribution in [0.1, 0.15) is 32.3 Å². The molecule has 19 heavy (non-hydrogen) atoms. The van der Waals surface area contributed by atoms with Crippen molar-refractivity contribution in [1.29, 1.82) is 0 Å². The summed E-state index contributed by atoms with van der Waals surface area (Å²) in [7, 11) is 0. The Hall–Kier alpha value is -0.900. The van der Waals surface area contributed by atoms with E-state index in [-0.39, 0.29) is 12.1 Å². The number of nitrogens with zero attached hydrogens (tertiary/aromatic N) is 1. The fourth-order valence-corrected chi connectivity index (χ4v) is 2.61. The summed E-state index contributed by atoms with van der Waals surface area (Å²) in [5, 5.41) is 13.1. The van der Waals surface area contributed by atoms with Crippen molar-refractivity contribution in [2.24, 2.45) is 0 Å². The van der Waals surface area contributed by atoms with E-state index in [1.807, 2.05) is 6.92 Å². The molecular weight excluding hydrogens is 236 g/mol. The summed E-state index contributed by atoms with van der Waals surface area (Å²) < 4.78 is 0. The number of likely N-dealkylation sites (tertiary alicyclic amines) is 1. The predicted molar refractivity (Wildman–Crippen MR) is 79.0 cm³/mol. The van der Waals surface area contributed by atoms with E-state index in [1.54, 1.807) is 0 Å². The molecule has 2 rings (SSSR count). The second-order valence-corrected chi connectivity index (χ2v) is 5.73. The van der Waals surface area contributed by atoms with Gasteiger partial charge in [0, 0.05) is 18.6 Å². The lowest BCUT2D eigenvalue weighted by Gasteiger charge is -2.34. The summed E-state index contributed by atoms with van der Waals surface area (Å²) in [6.07, 6.45) is 2.07. The molecule has 0 amide bonds. The second-order valence-electron chi connectivity index (χ2n) is 5.73. The van der Waals surface area contributed by atoms with Crippen LogP contribution < -0.4 is 5.32 Å². The molecule has 0 aliphatic carbocycles. The molecule has 3 nitrogen and oxygen atoms in total. The van der Waals surface area contributed by atoms with Crippen molar-refractivity contribution in [3.8, 4) is 0 Å². The molecule has 3 heteroatoms. The third-order valence-corrected chi connectivity index (χ3v) is 4.06. The lowest BCUT2D eigenvalue weighted by atomic mass is 10.0. The van der Waals surface area contributed by atoms with Gasteiger partial charge in [-0.3, -0.25) is 4.90 Å². The Morgan fingerprint density at radius 1 is 1.21 bits per heavy atom. The van der Waals surface area contributed by atoms with E-state index >= 15 is 0 Å². The van der Waals surface area contributed by atoms with Gasteiger partial charge in [-0.25, -0.2) is 0 Å². The third-order valence-electron chi connectivity index (χ3n) is 4.06. The van der Waals surface area contributed by atoms with Gasteiger partial charge in [-0.1, -0.05) is 30.3 Å². The molecule has 2 N–H and O–H groups in total. The molecule has 1 heterocycles. The molecule has 1 aromatic carbocycles. The first-order chi connectivity index (χ1) is 9.15. The van der Waals surface area contributed by atoms with Crippen LogP contribution in [0.25, 0.3) is 0 Å². The maximum Gasteiger partial charge on any atom is 0.0662 e. The number of hydrogen-bond donors (Lipinski definition) is 2. The van der Waals surface area contributed by atoms with Gasteiger partial charge in [0.25, 0.3) is 0 Å². The van der Waals surface area contributed by atoms with E-state index in [0.29, 0.717) is 6.04 Å². The number of aliphatic hydroxyl groups excluding tert-OH is 1. The Morgan fingerprint density at radius 3 is 2.42 bits per heavy atom. The highest BCUT2D eigenvalue weighted by molar-refractivity contribution is 5.14. The van der Waals surface area contributed by atoms with Gasteiger partial charge in [0.1, 0.15) is 0 Å². The zero-order valence-corrected chi connectivity index (χ0v) is 12.0. The normalized spacial score (nSPS) is 21.2. The summed E-state index contributed by atoms with van der Waals surface area (Å²) in [5.74, 6) is 0. The summed E-state index contributed by atoms with van der Waals surface area (Å²) >= 11 is 0. The fraction of sp³-hybridized carbons (Fsp3) is 0.625. The van der Waals surface area contributed by atoms with Crippen LogP contribution in [-0.2, 0) is 6.54 Å². The Kier molecular flexibility index (Phi) is 5.37. The third kappa shape index (κ3) is 4.60. The Bertz CT molecular complexity index is 358. The summed E-state index contributed by atoms with van der Waals surface area (Å²) in [5.41, 5.74) is 1.39. The van der Waals surface area contributed by atoms with Crippen LogP contribution >= 0.6 is 0 Å². The average Bonchev–Trinajstić information content (AvgIpc) is 2.42. The van der Waals surface area contributed by atoms with Crippen molar-refractivity contribution in [1.82, 2.24) is 10.2 Å². The van der Waals surface area contributed by atoms with E-state index < -0.39 is 0 Å². The maximum atomic E-state index is 9.53. The number of piperidine rings is 1. The van der Waals surface area contributed by atoms with E-state index in [1.165, 1.54) is 18.4 Å². The second kappa shape index (κ2) is 7.04. The first-order valence-electron chi connectivity index (χ1n) is 7.35. The lowest BCUT2D eigenvalue weighted by molar-refractivity contribution is 0.127. The van der Waals surface area contributed by atoms with Crippen LogP contribution in [-0.4, -0.2) is 41.3 Å². The van der Waals surface area contributed by atoms with Crippen LogP contribution in [0.4, 0.5) is 0 Å². The molecule has 2 unspecified atom stereocenters. The molecule has 0 bridgehead atoms. The monoisotopic (exact) mass is 262 g/mol. The smallest absolute Gasteiger partial charge is 0.0662 e. The average molecular weight is 262 g/mol. The maximum absolute atomic E-state index is 9.53. The molecule has 0 aromatic heterocycles. The van der Waals surface area contributed by atoms with E-state index in [2.05, 4.69) is 47.5 Å². The standard InChI is InChI=1S/C16H26N2O/c1-13(14(2)19)17-16-8-10-18(11-9-16)12-15-6-4-3-5-7-15/h3-7,13-14,16-17,19H,8-12H2,1-2H3. The van der Waals surface area contributed by atoms with Crippen LogP contribution in [0.2, 0.25) is 0 Å². The Labute approximate surface area is 116 Å². The molecule has 106 valence electrons. The number of hydrogen-bond acceptors (Lipinski definition) is 3.